The summed E-state index contributed by atoms with van der Waals surface area (Å²) in [5.41, 5.74) is 0.610. The maximum atomic E-state index is 14.0. The fourth-order valence-corrected chi connectivity index (χ4v) is 4.06. The van der Waals surface area contributed by atoms with E-state index in [2.05, 4.69) is 13.0 Å². The van der Waals surface area contributed by atoms with Crippen LogP contribution in [0.2, 0.25) is 0 Å². The molecule has 0 radical (unpaired) electrons. The summed E-state index contributed by atoms with van der Waals surface area (Å²) in [5.74, 6) is -46.0. The number of hydrogen-bond acceptors (Lipinski definition) is 3. The molecule has 0 saturated heterocycles. The Balaban J connectivity index is 2.71. The quantitative estimate of drug-likeness (QED) is 0.0771. The molecular formula is C32H39F15O3. The van der Waals surface area contributed by atoms with E-state index in [0.717, 1.165) is 12.8 Å². The van der Waals surface area contributed by atoms with Gasteiger partial charge in [-0.3, -0.25) is 0 Å². The lowest BCUT2D eigenvalue weighted by Crippen LogP contribution is -2.72. The van der Waals surface area contributed by atoms with Gasteiger partial charge in [0.25, 0.3) is 0 Å². The van der Waals surface area contributed by atoms with Gasteiger partial charge in [-0.2, -0.15) is 65.9 Å². The van der Waals surface area contributed by atoms with Crippen LogP contribution in [0.4, 0.5) is 65.9 Å². The SMILES string of the molecule is C[C@H](CO)C/C=C/[C@H](C)C/C=C/[C@@H](C)[C@H](C)OCc1ccc(OCCCC(F)(F)C(F)(F)C(F)(F)C(F)(F)C(F)(F)C(F)(F)C(F)(F)F)cc1. The molecule has 1 N–H and O–H groups in total. The van der Waals surface area contributed by atoms with Crippen LogP contribution in [0, 0.1) is 17.8 Å². The maximum Gasteiger partial charge on any atom is 0.460 e. The maximum absolute atomic E-state index is 14.0. The minimum Gasteiger partial charge on any atom is -0.494 e. The van der Waals surface area contributed by atoms with Gasteiger partial charge in [-0.05, 0) is 61.6 Å². The monoisotopic (exact) mass is 756 g/mol. The fourth-order valence-electron chi connectivity index (χ4n) is 4.06. The summed E-state index contributed by atoms with van der Waals surface area (Å²) in [4.78, 5) is 0. The molecule has 290 valence electrons. The van der Waals surface area contributed by atoms with Crippen LogP contribution < -0.4 is 4.74 Å². The second-order valence-electron chi connectivity index (χ2n) is 12.1. The van der Waals surface area contributed by atoms with E-state index in [1.807, 2.05) is 39.0 Å². The van der Waals surface area contributed by atoms with Crippen LogP contribution in [0.5, 0.6) is 5.75 Å². The van der Waals surface area contributed by atoms with Crippen molar-refractivity contribution < 1.29 is 80.4 Å². The number of rotatable bonds is 21. The second-order valence-corrected chi connectivity index (χ2v) is 12.1. The van der Waals surface area contributed by atoms with Gasteiger partial charge >= 0.3 is 41.7 Å². The molecule has 0 aromatic heterocycles. The number of ether oxygens (including phenoxy) is 2. The van der Waals surface area contributed by atoms with E-state index in [0.29, 0.717) is 5.56 Å². The molecule has 0 unspecified atom stereocenters. The highest BCUT2D eigenvalue weighted by Gasteiger charge is 2.93. The van der Waals surface area contributed by atoms with Crippen LogP contribution in [0.15, 0.2) is 48.6 Å². The first-order valence-electron chi connectivity index (χ1n) is 15.2. The van der Waals surface area contributed by atoms with E-state index in [4.69, 9.17) is 14.6 Å². The Morgan fingerprint density at radius 1 is 0.660 bits per heavy atom. The summed E-state index contributed by atoms with van der Waals surface area (Å²) >= 11 is 0. The fraction of sp³-hybridized carbons (Fsp3) is 0.688. The third-order valence-corrected chi connectivity index (χ3v) is 7.74. The number of halogens is 15. The highest BCUT2D eigenvalue weighted by molar-refractivity contribution is 5.27. The first-order chi connectivity index (χ1) is 22.6. The lowest BCUT2D eigenvalue weighted by atomic mass is 9.90. The molecule has 0 aliphatic heterocycles. The predicted molar refractivity (Wildman–Crippen MR) is 153 cm³/mol. The van der Waals surface area contributed by atoms with Crippen LogP contribution in [0.3, 0.4) is 0 Å². The Bertz CT molecular complexity index is 1230. The van der Waals surface area contributed by atoms with Gasteiger partial charge in [0.05, 0.1) is 19.3 Å². The third kappa shape index (κ3) is 10.5. The highest BCUT2D eigenvalue weighted by Crippen LogP contribution is 2.62. The van der Waals surface area contributed by atoms with Gasteiger partial charge in [0.2, 0.25) is 0 Å². The van der Waals surface area contributed by atoms with Gasteiger partial charge in [-0.25, -0.2) is 0 Å². The lowest BCUT2D eigenvalue weighted by Gasteiger charge is -2.41. The molecule has 0 bridgehead atoms. The van der Waals surface area contributed by atoms with Crippen molar-refractivity contribution in [3.05, 3.63) is 54.1 Å². The molecule has 0 amide bonds. The summed E-state index contributed by atoms with van der Waals surface area (Å²) in [5, 5.41) is 9.06. The zero-order valence-corrected chi connectivity index (χ0v) is 27.3. The third-order valence-electron chi connectivity index (χ3n) is 7.74. The van der Waals surface area contributed by atoms with E-state index in [1.54, 1.807) is 0 Å². The number of benzene rings is 1. The van der Waals surface area contributed by atoms with E-state index in [1.165, 1.54) is 24.3 Å². The van der Waals surface area contributed by atoms with Gasteiger partial charge in [0.15, 0.2) is 0 Å². The molecule has 1 aromatic carbocycles. The van der Waals surface area contributed by atoms with E-state index >= 15 is 0 Å². The van der Waals surface area contributed by atoms with Crippen molar-refractivity contribution in [1.29, 1.82) is 0 Å². The molecule has 0 fully saturated rings. The van der Waals surface area contributed by atoms with Gasteiger partial charge in [-0.1, -0.05) is 57.2 Å². The Kier molecular flexibility index (Phi) is 15.7. The minimum atomic E-state index is -8.29. The number of aliphatic hydroxyl groups is 1. The summed E-state index contributed by atoms with van der Waals surface area (Å²) < 4.78 is 211. The van der Waals surface area contributed by atoms with E-state index < -0.39 is 61.2 Å². The topological polar surface area (TPSA) is 38.7 Å². The number of aliphatic hydroxyl groups excluding tert-OH is 1. The molecule has 0 heterocycles. The Morgan fingerprint density at radius 3 is 1.68 bits per heavy atom. The zero-order valence-electron chi connectivity index (χ0n) is 27.3. The normalized spacial score (nSPS) is 17.0. The summed E-state index contributed by atoms with van der Waals surface area (Å²) in [6.07, 6.45) is -1.92. The van der Waals surface area contributed by atoms with Crippen molar-refractivity contribution in [3.63, 3.8) is 0 Å². The Labute approximate surface area is 279 Å². The molecule has 0 spiro atoms. The number of alkyl halides is 15. The van der Waals surface area contributed by atoms with E-state index in [9.17, 15) is 65.9 Å². The van der Waals surface area contributed by atoms with Crippen LogP contribution in [0.1, 0.15) is 58.9 Å². The van der Waals surface area contributed by atoms with Crippen molar-refractivity contribution in [3.8, 4) is 5.75 Å². The average molecular weight is 757 g/mol. The second kappa shape index (κ2) is 17.3. The van der Waals surface area contributed by atoms with Crippen molar-refractivity contribution in [2.45, 2.75) is 108 Å². The molecule has 0 saturated carbocycles. The number of hydrogen-bond donors (Lipinski definition) is 1. The lowest BCUT2D eigenvalue weighted by molar-refractivity contribution is -0.452. The van der Waals surface area contributed by atoms with Crippen molar-refractivity contribution >= 4 is 0 Å². The zero-order chi connectivity index (χ0) is 39.0. The van der Waals surface area contributed by atoms with Gasteiger partial charge in [-0.15, -0.1) is 0 Å². The molecule has 3 nitrogen and oxygen atoms in total. The van der Waals surface area contributed by atoms with Crippen LogP contribution in [-0.2, 0) is 11.3 Å². The van der Waals surface area contributed by atoms with E-state index in [-0.39, 0.29) is 42.8 Å². The van der Waals surface area contributed by atoms with Crippen LogP contribution >= 0.6 is 0 Å². The smallest absolute Gasteiger partial charge is 0.460 e. The molecule has 1 rings (SSSR count). The first-order valence-corrected chi connectivity index (χ1v) is 15.2. The van der Waals surface area contributed by atoms with Gasteiger partial charge in [0, 0.05) is 13.0 Å². The number of allylic oxidation sites excluding steroid dienone is 3. The average Bonchev–Trinajstić information content (AvgIpc) is 3.01. The molecule has 4 atom stereocenters. The van der Waals surface area contributed by atoms with Crippen molar-refractivity contribution in [2.24, 2.45) is 17.8 Å². The van der Waals surface area contributed by atoms with Gasteiger partial charge < -0.3 is 14.6 Å². The summed E-state index contributed by atoms with van der Waals surface area (Å²) in [6.45, 7) is 7.06. The predicted octanol–water partition coefficient (Wildman–Crippen LogP) is 10.9. The standard InChI is InChI=1S/C32H39F15O3/c1-20(8-5-10-21(2)18-48)9-6-11-22(3)23(4)50-19-24-12-14-25(15-13-24)49-17-7-16-26(33,34)27(35,36)28(37,38)29(39,40)30(41,42)31(43,44)32(45,46)47/h5-6,8,11-15,20-23,48H,7,9-10,16-19H2,1-4H3/b8-5+,11-6+/t20-,21-,22+,23-/m0/s1. The van der Waals surface area contributed by atoms with Gasteiger partial charge in [0.1, 0.15) is 5.75 Å². The van der Waals surface area contributed by atoms with Crippen molar-refractivity contribution in [2.75, 3.05) is 13.2 Å². The highest BCUT2D eigenvalue weighted by atomic mass is 19.4. The summed E-state index contributed by atoms with van der Waals surface area (Å²) in [7, 11) is 0. The molecule has 18 heteroatoms. The Morgan fingerprint density at radius 2 is 1.16 bits per heavy atom. The van der Waals surface area contributed by atoms with Crippen LogP contribution in [0.25, 0.3) is 0 Å². The summed E-state index contributed by atoms with van der Waals surface area (Å²) in [6, 6.07) is 5.51. The molecule has 1 aromatic rings. The Hall–Kier alpha value is -2.63. The molecule has 0 aliphatic carbocycles. The molecule has 0 aliphatic rings. The molecule has 50 heavy (non-hydrogen) atoms. The van der Waals surface area contributed by atoms with Crippen molar-refractivity contribution in [1.82, 2.24) is 0 Å². The minimum absolute atomic E-state index is 0.0252. The van der Waals surface area contributed by atoms with Crippen LogP contribution in [-0.4, -0.2) is 66.1 Å². The largest absolute Gasteiger partial charge is 0.494 e. The first kappa shape index (κ1) is 45.4. The molecular weight excluding hydrogens is 717 g/mol.